The van der Waals surface area contributed by atoms with Crippen LogP contribution < -0.4 is 4.72 Å². The molecule has 0 spiro atoms. The Kier molecular flexibility index (Phi) is 4.88. The lowest BCUT2D eigenvalue weighted by Gasteiger charge is -2.09. The van der Waals surface area contributed by atoms with Gasteiger partial charge in [0.05, 0.1) is 4.90 Å². The first-order valence-corrected chi connectivity index (χ1v) is 9.45. The smallest absolute Gasteiger partial charge is 0.269 e. The predicted molar refractivity (Wildman–Crippen MR) is 85.5 cm³/mol. The minimum atomic E-state index is -4.47. The largest absolute Gasteiger partial charge is 0.435 e. The molecule has 3 rings (SSSR count). The van der Waals surface area contributed by atoms with Crippen molar-refractivity contribution in [1.29, 1.82) is 0 Å². The van der Waals surface area contributed by atoms with Gasteiger partial charge in [0.1, 0.15) is 0 Å². The van der Waals surface area contributed by atoms with Gasteiger partial charge in [-0.2, -0.15) is 18.3 Å². The number of aromatic nitrogens is 2. The monoisotopic (exact) mass is 373 g/mol. The average molecular weight is 373 g/mol. The molecule has 9 heteroatoms. The summed E-state index contributed by atoms with van der Waals surface area (Å²) in [5.74, 6) is 0.129. The van der Waals surface area contributed by atoms with E-state index in [9.17, 15) is 21.6 Å². The first-order chi connectivity index (χ1) is 11.8. The first kappa shape index (κ1) is 17.9. The van der Waals surface area contributed by atoms with Gasteiger partial charge >= 0.3 is 6.18 Å². The summed E-state index contributed by atoms with van der Waals surface area (Å²) in [6.45, 7) is 0.363. The molecule has 0 atom stereocenters. The maximum absolute atomic E-state index is 12.8. The van der Waals surface area contributed by atoms with E-state index in [-0.39, 0.29) is 23.9 Å². The van der Waals surface area contributed by atoms with E-state index in [2.05, 4.69) is 9.82 Å². The Labute approximate surface area is 143 Å². The second-order valence-corrected chi connectivity index (χ2v) is 7.78. The molecule has 0 unspecified atom stereocenters. The van der Waals surface area contributed by atoms with Gasteiger partial charge in [0.25, 0.3) is 0 Å². The Hall–Kier alpha value is -1.87. The van der Waals surface area contributed by atoms with Crippen LogP contribution >= 0.6 is 0 Å². The highest BCUT2D eigenvalue weighted by Gasteiger charge is 2.37. The number of nitrogens with zero attached hydrogens (tertiary/aromatic N) is 2. The molecular weight excluding hydrogens is 355 g/mol. The highest BCUT2D eigenvalue weighted by molar-refractivity contribution is 7.89. The second kappa shape index (κ2) is 6.80. The molecule has 1 aliphatic rings. The van der Waals surface area contributed by atoms with Crippen molar-refractivity contribution in [3.05, 3.63) is 47.8 Å². The zero-order chi connectivity index (χ0) is 18.1. The summed E-state index contributed by atoms with van der Waals surface area (Å²) in [4.78, 5) is 0.159. The van der Waals surface area contributed by atoms with Crippen molar-refractivity contribution in [2.24, 2.45) is 0 Å². The summed E-state index contributed by atoms with van der Waals surface area (Å²) in [6, 6.07) is 9.03. The van der Waals surface area contributed by atoms with Crippen molar-refractivity contribution < 1.29 is 21.6 Å². The molecule has 2 aromatic rings. The van der Waals surface area contributed by atoms with E-state index in [1.165, 1.54) is 16.8 Å². The third-order valence-corrected chi connectivity index (χ3v) is 5.47. The normalized spacial score (nSPS) is 15.5. The molecule has 1 saturated carbocycles. The number of hydrogen-bond donors (Lipinski definition) is 1. The van der Waals surface area contributed by atoms with E-state index in [0.717, 1.165) is 18.9 Å². The first-order valence-electron chi connectivity index (χ1n) is 7.97. The van der Waals surface area contributed by atoms with Crippen LogP contribution in [0.4, 0.5) is 13.2 Å². The van der Waals surface area contributed by atoms with Crippen molar-refractivity contribution in [2.45, 2.75) is 42.8 Å². The molecule has 0 aliphatic heterocycles. The summed E-state index contributed by atoms with van der Waals surface area (Å²) in [5, 5.41) is 3.65. The van der Waals surface area contributed by atoms with Gasteiger partial charge in [-0.15, -0.1) is 0 Å². The third kappa shape index (κ3) is 4.40. The van der Waals surface area contributed by atoms with Gasteiger partial charge in [0, 0.05) is 24.7 Å². The van der Waals surface area contributed by atoms with Gasteiger partial charge in [-0.05, 0) is 37.5 Å². The van der Waals surface area contributed by atoms with Gasteiger partial charge < -0.3 is 0 Å². The minimum absolute atomic E-state index is 0.128. The lowest BCUT2D eigenvalue weighted by Crippen LogP contribution is -2.25. The number of hydrogen-bond acceptors (Lipinski definition) is 3. The van der Waals surface area contributed by atoms with Crippen molar-refractivity contribution in [3.63, 3.8) is 0 Å². The van der Waals surface area contributed by atoms with Crippen molar-refractivity contribution >= 4 is 10.0 Å². The maximum atomic E-state index is 12.8. The predicted octanol–water partition coefficient (Wildman–Crippen LogP) is 3.15. The molecule has 5 nitrogen and oxygen atoms in total. The van der Waals surface area contributed by atoms with Gasteiger partial charge in [-0.1, -0.05) is 18.2 Å². The third-order valence-electron chi connectivity index (χ3n) is 3.99. The fourth-order valence-corrected chi connectivity index (χ4v) is 3.67. The lowest BCUT2D eigenvalue weighted by atomic mass is 10.2. The average Bonchev–Trinajstić information content (AvgIpc) is 3.31. The summed E-state index contributed by atoms with van der Waals surface area (Å²) >= 11 is 0. The Balaban J connectivity index is 1.60. The van der Waals surface area contributed by atoms with E-state index < -0.39 is 21.9 Å². The lowest BCUT2D eigenvalue weighted by molar-refractivity contribution is -0.141. The molecule has 1 N–H and O–H groups in total. The number of alkyl halides is 3. The number of benzene rings is 1. The SMILES string of the molecule is O=S(=O)(NCCCn1nc(C(F)(F)F)cc1C1CC1)c1ccccc1. The number of nitrogens with one attached hydrogen (secondary N) is 1. The molecule has 0 radical (unpaired) electrons. The molecule has 136 valence electrons. The molecule has 0 saturated heterocycles. The zero-order valence-corrected chi connectivity index (χ0v) is 14.1. The molecule has 1 aliphatic carbocycles. The molecule has 1 heterocycles. The van der Waals surface area contributed by atoms with Gasteiger partial charge in [0.15, 0.2) is 5.69 Å². The number of rotatable bonds is 7. The van der Waals surface area contributed by atoms with Gasteiger partial charge in [0.2, 0.25) is 10.0 Å². The number of aryl methyl sites for hydroxylation is 1. The van der Waals surface area contributed by atoms with Crippen LogP contribution in [0.2, 0.25) is 0 Å². The number of sulfonamides is 1. The van der Waals surface area contributed by atoms with E-state index in [1.54, 1.807) is 18.2 Å². The van der Waals surface area contributed by atoms with Crippen LogP contribution in [0.25, 0.3) is 0 Å². The maximum Gasteiger partial charge on any atom is 0.435 e. The van der Waals surface area contributed by atoms with Crippen LogP contribution in [-0.2, 0) is 22.7 Å². The van der Waals surface area contributed by atoms with Crippen LogP contribution in [0.5, 0.6) is 0 Å². The van der Waals surface area contributed by atoms with Crippen LogP contribution in [0, 0.1) is 0 Å². The molecule has 1 aromatic carbocycles. The summed E-state index contributed by atoms with van der Waals surface area (Å²) in [5.41, 5.74) is -0.308. The Bertz CT molecular complexity index is 828. The zero-order valence-electron chi connectivity index (χ0n) is 13.3. The van der Waals surface area contributed by atoms with Crippen LogP contribution in [0.1, 0.15) is 36.6 Å². The summed E-state index contributed by atoms with van der Waals surface area (Å²) in [6.07, 6.45) is -2.39. The Morgan fingerprint density at radius 3 is 2.48 bits per heavy atom. The molecule has 1 aromatic heterocycles. The topological polar surface area (TPSA) is 64.0 Å². The van der Waals surface area contributed by atoms with E-state index >= 15 is 0 Å². The molecule has 0 amide bonds. The minimum Gasteiger partial charge on any atom is -0.269 e. The van der Waals surface area contributed by atoms with E-state index in [0.29, 0.717) is 12.1 Å². The van der Waals surface area contributed by atoms with E-state index in [1.807, 2.05) is 0 Å². The van der Waals surface area contributed by atoms with Crippen molar-refractivity contribution in [2.75, 3.05) is 6.54 Å². The van der Waals surface area contributed by atoms with Gasteiger partial charge in [-0.3, -0.25) is 4.68 Å². The highest BCUT2D eigenvalue weighted by atomic mass is 32.2. The summed E-state index contributed by atoms with van der Waals surface area (Å²) in [7, 11) is -3.61. The molecule has 25 heavy (non-hydrogen) atoms. The number of halogens is 3. The van der Waals surface area contributed by atoms with E-state index in [4.69, 9.17) is 0 Å². The fourth-order valence-electron chi connectivity index (χ4n) is 2.57. The molecule has 0 bridgehead atoms. The fraction of sp³-hybridized carbons (Fsp3) is 0.438. The van der Waals surface area contributed by atoms with Crippen LogP contribution in [0.3, 0.4) is 0 Å². The van der Waals surface area contributed by atoms with Crippen molar-refractivity contribution in [1.82, 2.24) is 14.5 Å². The Morgan fingerprint density at radius 2 is 1.88 bits per heavy atom. The van der Waals surface area contributed by atoms with Crippen LogP contribution in [0.15, 0.2) is 41.3 Å². The van der Waals surface area contributed by atoms with Crippen molar-refractivity contribution in [3.8, 4) is 0 Å². The quantitative estimate of drug-likeness (QED) is 0.759. The van der Waals surface area contributed by atoms with Crippen LogP contribution in [-0.4, -0.2) is 24.7 Å². The summed E-state index contributed by atoms with van der Waals surface area (Å²) < 4.78 is 66.5. The van der Waals surface area contributed by atoms with Gasteiger partial charge in [-0.25, -0.2) is 13.1 Å². The molecule has 1 fully saturated rings. The molecular formula is C16H18F3N3O2S. The Morgan fingerprint density at radius 1 is 1.20 bits per heavy atom. The standard InChI is InChI=1S/C16H18F3N3O2S/c17-16(18,19)15-11-14(12-7-8-12)22(21-15)10-4-9-20-25(23,24)13-5-2-1-3-6-13/h1-3,5-6,11-12,20H,4,7-10H2. The second-order valence-electron chi connectivity index (χ2n) is 6.01. The highest BCUT2D eigenvalue weighted by Crippen LogP contribution is 2.42.